The van der Waals surface area contributed by atoms with Crippen LogP contribution in [0.25, 0.3) is 12.2 Å². The van der Waals surface area contributed by atoms with E-state index in [-0.39, 0.29) is 0 Å². The normalized spacial score (nSPS) is 10.4. The van der Waals surface area contributed by atoms with E-state index in [1.165, 1.54) is 0 Å². The predicted molar refractivity (Wildman–Crippen MR) is 71.3 cm³/mol. The largest absolute Gasteiger partial charge is 0.192 e. The summed E-state index contributed by atoms with van der Waals surface area (Å²) >= 11 is 0. The van der Waals surface area contributed by atoms with Crippen molar-refractivity contribution in [3.63, 3.8) is 0 Å². The minimum Gasteiger partial charge on any atom is -0.192 e. The van der Waals surface area contributed by atoms with E-state index in [9.17, 15) is 0 Å². The van der Waals surface area contributed by atoms with Gasteiger partial charge in [0.2, 0.25) is 0 Å². The molecule has 0 saturated carbocycles. The molecule has 1 nitrogen and oxygen atoms in total. The zero-order chi connectivity index (χ0) is 12.1. The smallest absolute Gasteiger partial charge is 0.0998 e. The molecule has 0 aliphatic rings. The summed E-state index contributed by atoms with van der Waals surface area (Å²) in [5, 5.41) is 9.06. The molecule has 0 aliphatic heterocycles. The highest BCUT2D eigenvalue weighted by molar-refractivity contribution is 5.74. The maximum absolute atomic E-state index is 9.06. The molecule has 0 N–H and O–H groups in total. The minimum absolute atomic E-state index is 0.720. The van der Waals surface area contributed by atoms with Crippen molar-refractivity contribution in [2.75, 3.05) is 0 Å². The molecule has 0 heterocycles. The molecule has 0 aromatic heterocycles. The fourth-order valence-corrected chi connectivity index (χ4v) is 1.74. The summed E-state index contributed by atoms with van der Waals surface area (Å²) in [5.41, 5.74) is 3.98. The molecule has 1 heteroatoms. The molecule has 0 amide bonds. The van der Waals surface area contributed by atoms with Gasteiger partial charge in [-0.2, -0.15) is 5.26 Å². The number of hydrogen-bond acceptors (Lipinski definition) is 1. The van der Waals surface area contributed by atoms with Crippen LogP contribution in [-0.4, -0.2) is 0 Å². The lowest BCUT2D eigenvalue weighted by Gasteiger charge is -2.02. The lowest BCUT2D eigenvalue weighted by molar-refractivity contribution is 1.40. The molecule has 2 rings (SSSR count). The lowest BCUT2D eigenvalue weighted by atomic mass is 10.0. The van der Waals surface area contributed by atoms with Gasteiger partial charge in [-0.1, -0.05) is 54.6 Å². The Balaban J connectivity index is 2.37. The third-order valence-corrected chi connectivity index (χ3v) is 2.69. The van der Waals surface area contributed by atoms with Crippen LogP contribution < -0.4 is 0 Å². The fourth-order valence-electron chi connectivity index (χ4n) is 1.74. The third kappa shape index (κ3) is 2.62. The Labute approximate surface area is 102 Å². The van der Waals surface area contributed by atoms with E-state index in [0.29, 0.717) is 0 Å². The SMILES string of the molecule is Cc1cccc(C#N)c1C=Cc1ccccc1. The van der Waals surface area contributed by atoms with E-state index >= 15 is 0 Å². The first kappa shape index (κ1) is 11.2. The van der Waals surface area contributed by atoms with Gasteiger partial charge in [-0.05, 0) is 29.7 Å². The molecule has 2 aromatic rings. The average Bonchev–Trinajstić information content (AvgIpc) is 2.38. The number of rotatable bonds is 2. The third-order valence-electron chi connectivity index (χ3n) is 2.69. The quantitative estimate of drug-likeness (QED) is 0.699. The first-order valence-electron chi connectivity index (χ1n) is 5.54. The first-order chi connectivity index (χ1) is 8.31. The summed E-state index contributed by atoms with van der Waals surface area (Å²) in [5.74, 6) is 0. The summed E-state index contributed by atoms with van der Waals surface area (Å²) < 4.78 is 0. The predicted octanol–water partition coefficient (Wildman–Crippen LogP) is 4.04. The Bertz CT molecular complexity index is 574. The van der Waals surface area contributed by atoms with Crippen LogP contribution in [0.3, 0.4) is 0 Å². The molecule has 0 bridgehead atoms. The second kappa shape index (κ2) is 5.14. The number of benzene rings is 2. The molecule has 82 valence electrons. The summed E-state index contributed by atoms with van der Waals surface area (Å²) in [6.07, 6.45) is 4.03. The average molecular weight is 219 g/mol. The van der Waals surface area contributed by atoms with Gasteiger partial charge < -0.3 is 0 Å². The van der Waals surface area contributed by atoms with E-state index in [1.54, 1.807) is 0 Å². The van der Waals surface area contributed by atoms with Crippen LogP contribution in [0.1, 0.15) is 22.3 Å². The van der Waals surface area contributed by atoms with Crippen LogP contribution in [0, 0.1) is 18.3 Å². The highest BCUT2D eigenvalue weighted by Crippen LogP contribution is 2.16. The topological polar surface area (TPSA) is 23.8 Å². The van der Waals surface area contributed by atoms with E-state index in [0.717, 1.165) is 22.3 Å². The van der Waals surface area contributed by atoms with E-state index in [2.05, 4.69) is 6.07 Å². The summed E-state index contributed by atoms with van der Waals surface area (Å²) in [6.45, 7) is 2.02. The van der Waals surface area contributed by atoms with E-state index in [4.69, 9.17) is 5.26 Å². The molecule has 0 unspecified atom stereocenters. The molecule has 0 atom stereocenters. The van der Waals surface area contributed by atoms with Crippen molar-refractivity contribution in [1.29, 1.82) is 5.26 Å². The summed E-state index contributed by atoms with van der Waals surface area (Å²) in [4.78, 5) is 0. The van der Waals surface area contributed by atoms with Gasteiger partial charge in [0.15, 0.2) is 0 Å². The van der Waals surface area contributed by atoms with E-state index in [1.807, 2.05) is 67.6 Å². The number of nitrogens with zero attached hydrogens (tertiary/aromatic N) is 1. The summed E-state index contributed by atoms with van der Waals surface area (Å²) in [6, 6.07) is 18.1. The van der Waals surface area contributed by atoms with Crippen LogP contribution in [0.4, 0.5) is 0 Å². The number of nitriles is 1. The number of hydrogen-bond donors (Lipinski definition) is 0. The van der Waals surface area contributed by atoms with Gasteiger partial charge in [-0.3, -0.25) is 0 Å². The Kier molecular flexibility index (Phi) is 3.37. The highest BCUT2D eigenvalue weighted by Gasteiger charge is 2.00. The Morgan fingerprint density at radius 1 is 0.941 bits per heavy atom. The fraction of sp³-hybridized carbons (Fsp3) is 0.0625. The summed E-state index contributed by atoms with van der Waals surface area (Å²) in [7, 11) is 0. The van der Waals surface area contributed by atoms with Gasteiger partial charge in [0.25, 0.3) is 0 Å². The van der Waals surface area contributed by atoms with Crippen molar-refractivity contribution < 1.29 is 0 Å². The molecule has 2 aromatic carbocycles. The van der Waals surface area contributed by atoms with Gasteiger partial charge >= 0.3 is 0 Å². The molecule has 0 radical (unpaired) electrons. The Morgan fingerprint density at radius 2 is 1.71 bits per heavy atom. The molecule has 0 fully saturated rings. The Morgan fingerprint density at radius 3 is 2.41 bits per heavy atom. The van der Waals surface area contributed by atoms with Crippen molar-refractivity contribution >= 4 is 12.2 Å². The van der Waals surface area contributed by atoms with Crippen molar-refractivity contribution in [2.45, 2.75) is 6.92 Å². The van der Waals surface area contributed by atoms with Gasteiger partial charge in [-0.25, -0.2) is 0 Å². The lowest BCUT2D eigenvalue weighted by Crippen LogP contribution is -1.86. The maximum atomic E-state index is 9.06. The van der Waals surface area contributed by atoms with Crippen molar-refractivity contribution in [2.24, 2.45) is 0 Å². The second-order valence-corrected chi connectivity index (χ2v) is 3.89. The molecular formula is C16H13N. The van der Waals surface area contributed by atoms with Crippen LogP contribution in [0.2, 0.25) is 0 Å². The van der Waals surface area contributed by atoms with Crippen molar-refractivity contribution in [1.82, 2.24) is 0 Å². The Hall–Kier alpha value is -2.33. The first-order valence-corrected chi connectivity index (χ1v) is 5.54. The van der Waals surface area contributed by atoms with Gasteiger partial charge in [-0.15, -0.1) is 0 Å². The maximum Gasteiger partial charge on any atom is 0.0998 e. The molecule has 0 aliphatic carbocycles. The van der Waals surface area contributed by atoms with Crippen LogP contribution >= 0.6 is 0 Å². The monoisotopic (exact) mass is 219 g/mol. The zero-order valence-electron chi connectivity index (χ0n) is 9.72. The van der Waals surface area contributed by atoms with Crippen LogP contribution in [-0.2, 0) is 0 Å². The van der Waals surface area contributed by atoms with E-state index < -0.39 is 0 Å². The van der Waals surface area contributed by atoms with Gasteiger partial charge in [0.1, 0.15) is 0 Å². The minimum atomic E-state index is 0.720. The number of aryl methyl sites for hydroxylation is 1. The molecule has 0 saturated heterocycles. The van der Waals surface area contributed by atoms with Crippen molar-refractivity contribution in [3.05, 3.63) is 70.8 Å². The highest BCUT2D eigenvalue weighted by atomic mass is 14.2. The molecule has 17 heavy (non-hydrogen) atoms. The second-order valence-electron chi connectivity index (χ2n) is 3.89. The standard InChI is InChI=1S/C16H13N/c1-13-6-5-9-15(12-17)16(13)11-10-14-7-3-2-4-8-14/h2-11H,1H3. The molecular weight excluding hydrogens is 206 g/mol. The van der Waals surface area contributed by atoms with Crippen LogP contribution in [0.15, 0.2) is 48.5 Å². The van der Waals surface area contributed by atoms with Crippen molar-refractivity contribution in [3.8, 4) is 6.07 Å². The van der Waals surface area contributed by atoms with Gasteiger partial charge in [0, 0.05) is 0 Å². The molecule has 0 spiro atoms. The van der Waals surface area contributed by atoms with Gasteiger partial charge in [0.05, 0.1) is 11.6 Å². The van der Waals surface area contributed by atoms with Crippen LogP contribution in [0.5, 0.6) is 0 Å². The zero-order valence-corrected chi connectivity index (χ0v) is 9.72.